The molecule has 25 heavy (non-hydrogen) atoms. The Balaban J connectivity index is 1.62. The van der Waals surface area contributed by atoms with Gasteiger partial charge >= 0.3 is 6.09 Å². The number of imide groups is 1. The highest BCUT2D eigenvalue weighted by molar-refractivity contribution is 8.00. The van der Waals surface area contributed by atoms with Gasteiger partial charge in [-0.25, -0.2) is 9.69 Å². The maximum Gasteiger partial charge on any atom is 0.417 e. The molecule has 1 aliphatic heterocycles. The molecule has 6 nitrogen and oxygen atoms in total. The van der Waals surface area contributed by atoms with Gasteiger partial charge < -0.3 is 10.1 Å². The van der Waals surface area contributed by atoms with Crippen LogP contribution >= 0.6 is 11.8 Å². The van der Waals surface area contributed by atoms with Crippen LogP contribution in [0.2, 0.25) is 0 Å². The van der Waals surface area contributed by atoms with Gasteiger partial charge in [0.15, 0.2) is 6.61 Å². The highest BCUT2D eigenvalue weighted by Gasteiger charge is 2.33. The summed E-state index contributed by atoms with van der Waals surface area (Å²) in [5.41, 5.74) is 0.856. The number of carbonyl (C=O) groups excluding carboxylic acids is 3. The molecule has 7 heteroatoms. The molecule has 1 atom stereocenters. The van der Waals surface area contributed by atoms with E-state index >= 15 is 0 Å². The van der Waals surface area contributed by atoms with Crippen molar-refractivity contribution in [1.82, 2.24) is 10.2 Å². The van der Waals surface area contributed by atoms with Crippen LogP contribution in [0.15, 0.2) is 30.3 Å². The second kappa shape index (κ2) is 8.38. The summed E-state index contributed by atoms with van der Waals surface area (Å²) < 4.78 is 4.76. The van der Waals surface area contributed by atoms with E-state index in [2.05, 4.69) is 5.32 Å². The van der Waals surface area contributed by atoms with E-state index in [4.69, 9.17) is 4.74 Å². The number of ether oxygens (including phenoxy) is 1. The van der Waals surface area contributed by atoms with E-state index in [1.165, 1.54) is 25.7 Å². The Hall–Kier alpha value is -2.02. The van der Waals surface area contributed by atoms with Crippen molar-refractivity contribution in [3.8, 4) is 0 Å². The van der Waals surface area contributed by atoms with Crippen LogP contribution in [0, 0.1) is 0 Å². The topological polar surface area (TPSA) is 75.7 Å². The van der Waals surface area contributed by atoms with Gasteiger partial charge in [0.1, 0.15) is 0 Å². The van der Waals surface area contributed by atoms with Crippen LogP contribution in [-0.2, 0) is 14.3 Å². The second-order valence-electron chi connectivity index (χ2n) is 6.31. The molecule has 1 saturated carbocycles. The maximum atomic E-state index is 12.4. The average Bonchev–Trinajstić information content (AvgIpc) is 3.25. The van der Waals surface area contributed by atoms with Crippen molar-refractivity contribution in [1.29, 1.82) is 0 Å². The number of benzene rings is 1. The van der Waals surface area contributed by atoms with E-state index in [1.54, 1.807) is 11.8 Å². The quantitative estimate of drug-likeness (QED) is 0.806. The average molecular weight is 362 g/mol. The van der Waals surface area contributed by atoms with Gasteiger partial charge in [0.25, 0.3) is 5.91 Å². The number of carbonyl (C=O) groups is 3. The SMILES string of the molecule is O=C(CSC1CCCC1)N[C@@H](CN1C(=O)COC1=O)c1ccccc1. The van der Waals surface area contributed by atoms with Gasteiger partial charge in [0, 0.05) is 5.25 Å². The third-order valence-electron chi connectivity index (χ3n) is 4.50. The Bertz CT molecular complexity index is 615. The van der Waals surface area contributed by atoms with Crippen LogP contribution in [-0.4, -0.2) is 47.0 Å². The third kappa shape index (κ3) is 4.75. The smallest absolute Gasteiger partial charge is 0.417 e. The first-order valence-electron chi connectivity index (χ1n) is 8.56. The third-order valence-corrected chi connectivity index (χ3v) is 5.87. The number of nitrogens with one attached hydrogen (secondary N) is 1. The van der Waals surface area contributed by atoms with Gasteiger partial charge in [0.2, 0.25) is 5.91 Å². The van der Waals surface area contributed by atoms with Crippen molar-refractivity contribution in [2.24, 2.45) is 0 Å². The van der Waals surface area contributed by atoms with Gasteiger partial charge in [-0.15, -0.1) is 11.8 Å². The van der Waals surface area contributed by atoms with Crippen molar-refractivity contribution in [3.05, 3.63) is 35.9 Å². The minimum atomic E-state index is -0.652. The maximum absolute atomic E-state index is 12.4. The minimum Gasteiger partial charge on any atom is -0.439 e. The number of cyclic esters (lactones) is 1. The van der Waals surface area contributed by atoms with Crippen LogP contribution in [0.5, 0.6) is 0 Å². The van der Waals surface area contributed by atoms with Crippen molar-refractivity contribution >= 4 is 29.7 Å². The summed E-state index contributed by atoms with van der Waals surface area (Å²) in [6, 6.07) is 8.93. The fourth-order valence-corrected chi connectivity index (χ4v) is 4.28. The molecule has 1 heterocycles. The standard InChI is InChI=1S/C18H22N2O4S/c21-16(12-25-14-8-4-5-9-14)19-15(13-6-2-1-3-7-13)10-20-17(22)11-24-18(20)23/h1-3,6-7,14-15H,4-5,8-12H2,(H,19,21)/t15-/m0/s1. The van der Waals surface area contributed by atoms with Crippen LogP contribution in [0.1, 0.15) is 37.3 Å². The Kier molecular flexibility index (Phi) is 5.96. The molecule has 1 N–H and O–H groups in total. The molecule has 1 saturated heterocycles. The molecule has 1 aromatic carbocycles. The molecule has 3 amide bonds. The van der Waals surface area contributed by atoms with E-state index in [0.717, 1.165) is 10.5 Å². The van der Waals surface area contributed by atoms with Crippen LogP contribution in [0.25, 0.3) is 0 Å². The van der Waals surface area contributed by atoms with Gasteiger partial charge in [-0.2, -0.15) is 0 Å². The number of nitrogens with zero attached hydrogens (tertiary/aromatic N) is 1. The van der Waals surface area contributed by atoms with Crippen LogP contribution in [0.3, 0.4) is 0 Å². The second-order valence-corrected chi connectivity index (χ2v) is 7.60. The molecular formula is C18H22N2O4S. The van der Waals surface area contributed by atoms with Crippen LogP contribution in [0.4, 0.5) is 4.79 Å². The molecule has 0 spiro atoms. The predicted molar refractivity (Wildman–Crippen MR) is 95.1 cm³/mol. The Morgan fingerprint density at radius 2 is 1.96 bits per heavy atom. The van der Waals surface area contributed by atoms with E-state index in [9.17, 15) is 14.4 Å². The summed E-state index contributed by atoms with van der Waals surface area (Å²) >= 11 is 1.69. The van der Waals surface area contributed by atoms with Gasteiger partial charge in [0.05, 0.1) is 18.3 Å². The van der Waals surface area contributed by atoms with Crippen LogP contribution < -0.4 is 5.32 Å². The molecule has 1 aromatic rings. The zero-order valence-corrected chi connectivity index (χ0v) is 14.8. The summed E-state index contributed by atoms with van der Waals surface area (Å²) in [5.74, 6) is -0.0573. The van der Waals surface area contributed by atoms with E-state index in [1.807, 2.05) is 30.3 Å². The first kappa shape index (κ1) is 17.8. The largest absolute Gasteiger partial charge is 0.439 e. The highest BCUT2D eigenvalue weighted by Crippen LogP contribution is 2.29. The fourth-order valence-electron chi connectivity index (χ4n) is 3.14. The Morgan fingerprint density at radius 3 is 2.60 bits per heavy atom. The molecule has 2 aliphatic rings. The Morgan fingerprint density at radius 1 is 1.24 bits per heavy atom. The van der Waals surface area contributed by atoms with Gasteiger partial charge in [-0.3, -0.25) is 9.59 Å². The lowest BCUT2D eigenvalue weighted by Crippen LogP contribution is -2.41. The summed E-state index contributed by atoms with van der Waals surface area (Å²) in [7, 11) is 0. The molecule has 1 aliphatic carbocycles. The normalized spacial score (nSPS) is 19.1. The minimum absolute atomic E-state index is 0.0780. The van der Waals surface area contributed by atoms with E-state index in [-0.39, 0.29) is 25.0 Å². The van der Waals surface area contributed by atoms with Crippen molar-refractivity contribution in [2.75, 3.05) is 18.9 Å². The molecule has 0 bridgehead atoms. The first-order chi connectivity index (χ1) is 12.1. The van der Waals surface area contributed by atoms with E-state index in [0.29, 0.717) is 11.0 Å². The Labute approximate surface area is 151 Å². The first-order valence-corrected chi connectivity index (χ1v) is 9.61. The molecule has 0 aromatic heterocycles. The number of thioether (sulfide) groups is 1. The number of hydrogen-bond acceptors (Lipinski definition) is 5. The molecule has 134 valence electrons. The lowest BCUT2D eigenvalue weighted by molar-refractivity contribution is -0.127. The summed E-state index contributed by atoms with van der Waals surface area (Å²) in [4.78, 5) is 36.9. The van der Waals surface area contributed by atoms with Crippen molar-refractivity contribution < 1.29 is 19.1 Å². The lowest BCUT2D eigenvalue weighted by atomic mass is 10.1. The number of hydrogen-bond donors (Lipinski definition) is 1. The monoisotopic (exact) mass is 362 g/mol. The van der Waals surface area contributed by atoms with Gasteiger partial charge in [-0.05, 0) is 18.4 Å². The number of rotatable bonds is 7. The fraction of sp³-hybridized carbons (Fsp3) is 0.500. The zero-order chi connectivity index (χ0) is 17.6. The summed E-state index contributed by atoms with van der Waals surface area (Å²) in [5, 5.41) is 3.53. The summed E-state index contributed by atoms with van der Waals surface area (Å²) in [6.45, 7) is -0.145. The highest BCUT2D eigenvalue weighted by atomic mass is 32.2. The molecule has 0 unspecified atom stereocenters. The molecular weight excluding hydrogens is 340 g/mol. The summed E-state index contributed by atoms with van der Waals surface area (Å²) in [6.07, 6.45) is 4.18. The van der Waals surface area contributed by atoms with Crippen molar-refractivity contribution in [2.45, 2.75) is 37.0 Å². The molecule has 0 radical (unpaired) electrons. The molecule has 2 fully saturated rings. The van der Waals surface area contributed by atoms with E-state index < -0.39 is 12.1 Å². The molecule has 3 rings (SSSR count). The predicted octanol–water partition coefficient (Wildman–Crippen LogP) is 2.50. The zero-order valence-electron chi connectivity index (χ0n) is 14.0. The van der Waals surface area contributed by atoms with Crippen molar-refractivity contribution in [3.63, 3.8) is 0 Å². The number of amides is 3. The lowest BCUT2D eigenvalue weighted by Gasteiger charge is -2.23. The van der Waals surface area contributed by atoms with Gasteiger partial charge in [-0.1, -0.05) is 43.2 Å².